The summed E-state index contributed by atoms with van der Waals surface area (Å²) < 4.78 is 10.2. The van der Waals surface area contributed by atoms with E-state index in [4.69, 9.17) is 15.2 Å². The topological polar surface area (TPSA) is 78.6 Å². The highest BCUT2D eigenvalue weighted by molar-refractivity contribution is 5.74. The van der Waals surface area contributed by atoms with Gasteiger partial charge in [-0.1, -0.05) is 0 Å². The van der Waals surface area contributed by atoms with E-state index in [9.17, 15) is 9.59 Å². The van der Waals surface area contributed by atoms with E-state index < -0.39 is 11.9 Å². The highest BCUT2D eigenvalue weighted by Gasteiger charge is 2.20. The van der Waals surface area contributed by atoms with Crippen molar-refractivity contribution in [2.75, 3.05) is 0 Å². The molecular weight excluding hydrogens is 246 g/mol. The van der Waals surface area contributed by atoms with Gasteiger partial charge < -0.3 is 15.2 Å². The van der Waals surface area contributed by atoms with Gasteiger partial charge in [-0.3, -0.25) is 9.59 Å². The Kier molecular flexibility index (Phi) is 3.85. The van der Waals surface area contributed by atoms with Crippen LogP contribution in [0.3, 0.4) is 0 Å². The first kappa shape index (κ1) is 13.5. The SMILES string of the molecule is CC(=O)Oc1cc2c(cc1OC(C)=O)C[C@H](N)CC2. The Hall–Kier alpha value is -1.88. The van der Waals surface area contributed by atoms with Crippen LogP contribution in [0.5, 0.6) is 11.5 Å². The minimum absolute atomic E-state index is 0.122. The summed E-state index contributed by atoms with van der Waals surface area (Å²) in [6.45, 7) is 2.62. The second-order valence-electron chi connectivity index (χ2n) is 4.76. The largest absolute Gasteiger partial charge is 0.423 e. The summed E-state index contributed by atoms with van der Waals surface area (Å²) in [7, 11) is 0. The molecule has 0 bridgehead atoms. The van der Waals surface area contributed by atoms with E-state index in [1.165, 1.54) is 13.8 Å². The minimum Gasteiger partial charge on any atom is -0.423 e. The standard InChI is InChI=1S/C14H17NO4/c1-8(16)18-13-6-10-3-4-12(15)5-11(10)7-14(13)19-9(2)17/h6-7,12H,3-5,15H2,1-2H3/t12-/m1/s1. The fourth-order valence-corrected chi connectivity index (χ4v) is 2.26. The molecule has 1 aliphatic rings. The molecule has 0 spiro atoms. The van der Waals surface area contributed by atoms with Crippen molar-refractivity contribution in [3.05, 3.63) is 23.3 Å². The molecule has 0 heterocycles. The van der Waals surface area contributed by atoms with E-state index in [2.05, 4.69) is 0 Å². The lowest BCUT2D eigenvalue weighted by molar-refractivity contribution is -0.134. The number of hydrogen-bond donors (Lipinski definition) is 1. The Bertz CT molecular complexity index is 524. The number of benzene rings is 1. The average Bonchev–Trinajstić information content (AvgIpc) is 2.28. The molecule has 1 atom stereocenters. The summed E-state index contributed by atoms with van der Waals surface area (Å²) in [5, 5.41) is 0. The van der Waals surface area contributed by atoms with E-state index in [-0.39, 0.29) is 17.5 Å². The number of fused-ring (bicyclic) bond motifs is 1. The molecule has 1 aromatic rings. The Morgan fingerprint density at radius 1 is 1.11 bits per heavy atom. The lowest BCUT2D eigenvalue weighted by Gasteiger charge is -2.23. The van der Waals surface area contributed by atoms with Crippen molar-refractivity contribution in [2.24, 2.45) is 5.73 Å². The van der Waals surface area contributed by atoms with Gasteiger partial charge in [0, 0.05) is 19.9 Å². The van der Waals surface area contributed by atoms with Gasteiger partial charge in [-0.05, 0) is 42.5 Å². The van der Waals surface area contributed by atoms with E-state index in [0.29, 0.717) is 0 Å². The predicted molar refractivity (Wildman–Crippen MR) is 69.1 cm³/mol. The summed E-state index contributed by atoms with van der Waals surface area (Å²) >= 11 is 0. The van der Waals surface area contributed by atoms with Crippen molar-refractivity contribution >= 4 is 11.9 Å². The molecular formula is C14H17NO4. The Morgan fingerprint density at radius 2 is 1.63 bits per heavy atom. The van der Waals surface area contributed by atoms with E-state index in [1.54, 1.807) is 12.1 Å². The van der Waals surface area contributed by atoms with Gasteiger partial charge in [0.05, 0.1) is 0 Å². The summed E-state index contributed by atoms with van der Waals surface area (Å²) in [6, 6.07) is 3.63. The summed E-state index contributed by atoms with van der Waals surface area (Å²) in [5.74, 6) is -0.332. The second kappa shape index (κ2) is 5.40. The predicted octanol–water partition coefficient (Wildman–Crippen LogP) is 1.35. The number of nitrogens with two attached hydrogens (primary N) is 1. The van der Waals surface area contributed by atoms with Crippen molar-refractivity contribution < 1.29 is 19.1 Å². The number of hydrogen-bond acceptors (Lipinski definition) is 5. The number of ether oxygens (including phenoxy) is 2. The van der Waals surface area contributed by atoms with Crippen LogP contribution in [-0.4, -0.2) is 18.0 Å². The van der Waals surface area contributed by atoms with Gasteiger partial charge in [0.2, 0.25) is 0 Å². The fraction of sp³-hybridized carbons (Fsp3) is 0.429. The monoisotopic (exact) mass is 263 g/mol. The summed E-state index contributed by atoms with van der Waals surface area (Å²) in [6.07, 6.45) is 2.48. The molecule has 0 amide bonds. The lowest BCUT2D eigenvalue weighted by Crippen LogP contribution is -2.28. The van der Waals surface area contributed by atoms with E-state index in [0.717, 1.165) is 30.4 Å². The van der Waals surface area contributed by atoms with Crippen molar-refractivity contribution in [1.82, 2.24) is 0 Å². The molecule has 1 aromatic carbocycles. The van der Waals surface area contributed by atoms with Crippen LogP contribution in [0.15, 0.2) is 12.1 Å². The number of aryl methyl sites for hydroxylation is 1. The van der Waals surface area contributed by atoms with Crippen molar-refractivity contribution in [3.63, 3.8) is 0 Å². The molecule has 0 saturated carbocycles. The van der Waals surface area contributed by atoms with Crippen LogP contribution in [0.2, 0.25) is 0 Å². The smallest absolute Gasteiger partial charge is 0.308 e. The van der Waals surface area contributed by atoms with Crippen LogP contribution in [0.4, 0.5) is 0 Å². The molecule has 0 saturated heterocycles. The van der Waals surface area contributed by atoms with Crippen LogP contribution in [0.25, 0.3) is 0 Å². The zero-order valence-corrected chi connectivity index (χ0v) is 11.1. The van der Waals surface area contributed by atoms with Crippen molar-refractivity contribution in [3.8, 4) is 11.5 Å². The molecule has 0 aromatic heterocycles. The van der Waals surface area contributed by atoms with Gasteiger partial charge in [0.15, 0.2) is 11.5 Å². The lowest BCUT2D eigenvalue weighted by atomic mass is 9.88. The molecule has 2 rings (SSSR count). The van der Waals surface area contributed by atoms with Gasteiger partial charge in [0.25, 0.3) is 0 Å². The first-order chi connectivity index (χ1) is 8.95. The van der Waals surface area contributed by atoms with Gasteiger partial charge in [-0.15, -0.1) is 0 Å². The third kappa shape index (κ3) is 3.32. The number of carbonyl (C=O) groups is 2. The molecule has 102 valence electrons. The Balaban J connectivity index is 2.40. The van der Waals surface area contributed by atoms with Gasteiger partial charge in [-0.25, -0.2) is 0 Å². The van der Waals surface area contributed by atoms with E-state index >= 15 is 0 Å². The molecule has 0 fully saturated rings. The normalized spacial score (nSPS) is 17.5. The van der Waals surface area contributed by atoms with Crippen LogP contribution in [0.1, 0.15) is 31.4 Å². The summed E-state index contributed by atoms with van der Waals surface area (Å²) in [4.78, 5) is 22.2. The zero-order chi connectivity index (χ0) is 14.0. The van der Waals surface area contributed by atoms with Gasteiger partial charge in [0.1, 0.15) is 0 Å². The molecule has 0 aliphatic heterocycles. The molecule has 2 N–H and O–H groups in total. The van der Waals surface area contributed by atoms with Crippen molar-refractivity contribution in [1.29, 1.82) is 0 Å². The van der Waals surface area contributed by atoms with Crippen LogP contribution in [-0.2, 0) is 22.4 Å². The van der Waals surface area contributed by atoms with Gasteiger partial charge in [-0.2, -0.15) is 0 Å². The zero-order valence-electron chi connectivity index (χ0n) is 11.1. The first-order valence-electron chi connectivity index (χ1n) is 6.24. The third-order valence-corrected chi connectivity index (χ3v) is 3.04. The number of rotatable bonds is 2. The Morgan fingerprint density at radius 3 is 2.16 bits per heavy atom. The highest BCUT2D eigenvalue weighted by Crippen LogP contribution is 2.34. The molecule has 1 aliphatic carbocycles. The van der Waals surface area contributed by atoms with Gasteiger partial charge >= 0.3 is 11.9 Å². The van der Waals surface area contributed by atoms with E-state index in [1.807, 2.05) is 0 Å². The quantitative estimate of drug-likeness (QED) is 0.643. The maximum Gasteiger partial charge on any atom is 0.308 e. The van der Waals surface area contributed by atoms with Crippen LogP contribution < -0.4 is 15.2 Å². The number of carbonyl (C=O) groups excluding carboxylic acids is 2. The minimum atomic E-state index is -0.451. The Labute approximate surface area is 111 Å². The maximum absolute atomic E-state index is 11.1. The highest BCUT2D eigenvalue weighted by atomic mass is 16.6. The molecule has 0 unspecified atom stereocenters. The third-order valence-electron chi connectivity index (χ3n) is 3.04. The molecule has 5 nitrogen and oxygen atoms in total. The molecule has 5 heteroatoms. The molecule has 0 radical (unpaired) electrons. The van der Waals surface area contributed by atoms with Crippen LogP contribution in [0, 0.1) is 0 Å². The fourth-order valence-electron chi connectivity index (χ4n) is 2.26. The molecule has 19 heavy (non-hydrogen) atoms. The summed E-state index contributed by atoms with van der Waals surface area (Å²) in [5.41, 5.74) is 8.07. The maximum atomic E-state index is 11.1. The second-order valence-corrected chi connectivity index (χ2v) is 4.76. The van der Waals surface area contributed by atoms with Crippen LogP contribution >= 0.6 is 0 Å². The average molecular weight is 263 g/mol. The number of esters is 2. The first-order valence-corrected chi connectivity index (χ1v) is 6.24. The van der Waals surface area contributed by atoms with Crippen molar-refractivity contribution in [2.45, 2.75) is 39.2 Å².